The monoisotopic (exact) mass is 235 g/mol. The minimum Gasteiger partial charge on any atom is -0.398 e. The molecule has 0 unspecified atom stereocenters. The number of aryl methyl sites for hydroxylation is 1. The standard InChI is InChI=1S/C11H10BrN/c1-7-5-8(12)6-10-9(7)3-2-4-11(10)13/h2-6H,13H2,1H3. The summed E-state index contributed by atoms with van der Waals surface area (Å²) in [4.78, 5) is 0. The van der Waals surface area contributed by atoms with E-state index in [1.54, 1.807) is 0 Å². The Morgan fingerprint density at radius 1 is 1.15 bits per heavy atom. The SMILES string of the molecule is Cc1cc(Br)cc2c(N)cccc12. The largest absolute Gasteiger partial charge is 0.398 e. The number of nitrogens with two attached hydrogens (primary N) is 1. The van der Waals surface area contributed by atoms with Crippen LogP contribution in [-0.4, -0.2) is 0 Å². The normalized spacial score (nSPS) is 10.6. The summed E-state index contributed by atoms with van der Waals surface area (Å²) in [5.41, 5.74) is 7.96. The topological polar surface area (TPSA) is 26.0 Å². The van der Waals surface area contributed by atoms with Gasteiger partial charge in [-0.1, -0.05) is 28.1 Å². The summed E-state index contributed by atoms with van der Waals surface area (Å²) in [7, 11) is 0. The molecule has 0 saturated heterocycles. The van der Waals surface area contributed by atoms with Gasteiger partial charge in [-0.25, -0.2) is 0 Å². The van der Waals surface area contributed by atoms with Crippen molar-refractivity contribution in [3.05, 3.63) is 40.4 Å². The van der Waals surface area contributed by atoms with Gasteiger partial charge in [0.15, 0.2) is 0 Å². The average molecular weight is 236 g/mol. The molecular formula is C11H10BrN. The molecular weight excluding hydrogens is 226 g/mol. The van der Waals surface area contributed by atoms with Crippen molar-refractivity contribution in [1.82, 2.24) is 0 Å². The van der Waals surface area contributed by atoms with E-state index < -0.39 is 0 Å². The Morgan fingerprint density at radius 2 is 1.92 bits per heavy atom. The number of hydrogen-bond donors (Lipinski definition) is 1. The molecule has 2 aromatic carbocycles. The van der Waals surface area contributed by atoms with Gasteiger partial charge in [-0.2, -0.15) is 0 Å². The van der Waals surface area contributed by atoms with Crippen molar-refractivity contribution in [2.45, 2.75) is 6.92 Å². The lowest BCUT2D eigenvalue weighted by Gasteiger charge is -2.05. The summed E-state index contributed by atoms with van der Waals surface area (Å²) in [6.07, 6.45) is 0. The maximum Gasteiger partial charge on any atom is 0.0394 e. The number of benzene rings is 2. The van der Waals surface area contributed by atoms with E-state index in [0.29, 0.717) is 0 Å². The average Bonchev–Trinajstić information content (AvgIpc) is 2.07. The molecule has 1 nitrogen and oxygen atoms in total. The van der Waals surface area contributed by atoms with Gasteiger partial charge in [-0.15, -0.1) is 0 Å². The van der Waals surface area contributed by atoms with Gasteiger partial charge in [0.1, 0.15) is 0 Å². The predicted molar refractivity (Wildman–Crippen MR) is 60.8 cm³/mol. The van der Waals surface area contributed by atoms with Crippen LogP contribution in [0.2, 0.25) is 0 Å². The lowest BCUT2D eigenvalue weighted by molar-refractivity contribution is 1.51. The van der Waals surface area contributed by atoms with Gasteiger partial charge in [0.05, 0.1) is 0 Å². The van der Waals surface area contributed by atoms with Gasteiger partial charge < -0.3 is 5.73 Å². The van der Waals surface area contributed by atoms with Crippen molar-refractivity contribution in [3.63, 3.8) is 0 Å². The summed E-state index contributed by atoms with van der Waals surface area (Å²) in [5, 5.41) is 2.34. The molecule has 0 aliphatic carbocycles. The molecule has 0 heterocycles. The summed E-state index contributed by atoms with van der Waals surface area (Å²) in [5.74, 6) is 0. The first-order valence-corrected chi connectivity index (χ1v) is 4.92. The highest BCUT2D eigenvalue weighted by Crippen LogP contribution is 2.27. The van der Waals surface area contributed by atoms with Crippen LogP contribution in [0.3, 0.4) is 0 Å². The van der Waals surface area contributed by atoms with E-state index in [0.717, 1.165) is 15.5 Å². The Balaban J connectivity index is 2.94. The first-order valence-electron chi connectivity index (χ1n) is 4.13. The van der Waals surface area contributed by atoms with Crippen LogP contribution in [0.25, 0.3) is 10.8 Å². The zero-order chi connectivity index (χ0) is 9.42. The van der Waals surface area contributed by atoms with Gasteiger partial charge in [0.25, 0.3) is 0 Å². The Morgan fingerprint density at radius 3 is 2.69 bits per heavy atom. The van der Waals surface area contributed by atoms with Gasteiger partial charge in [-0.05, 0) is 36.1 Å². The molecule has 0 bridgehead atoms. The molecule has 0 fully saturated rings. The maximum atomic E-state index is 5.87. The minimum atomic E-state index is 0.835. The molecule has 0 atom stereocenters. The second-order valence-electron chi connectivity index (χ2n) is 3.17. The van der Waals surface area contributed by atoms with E-state index in [4.69, 9.17) is 5.73 Å². The fourth-order valence-electron chi connectivity index (χ4n) is 1.55. The molecule has 2 heteroatoms. The van der Waals surface area contributed by atoms with E-state index in [-0.39, 0.29) is 0 Å². The summed E-state index contributed by atoms with van der Waals surface area (Å²) < 4.78 is 1.08. The summed E-state index contributed by atoms with van der Waals surface area (Å²) in [6, 6.07) is 10.2. The third-order valence-electron chi connectivity index (χ3n) is 2.20. The molecule has 0 saturated carbocycles. The molecule has 0 aliphatic rings. The molecule has 0 radical (unpaired) electrons. The van der Waals surface area contributed by atoms with Crippen molar-refractivity contribution < 1.29 is 0 Å². The highest BCUT2D eigenvalue weighted by atomic mass is 79.9. The van der Waals surface area contributed by atoms with E-state index in [1.807, 2.05) is 12.1 Å². The van der Waals surface area contributed by atoms with Gasteiger partial charge in [0.2, 0.25) is 0 Å². The van der Waals surface area contributed by atoms with Crippen LogP contribution in [-0.2, 0) is 0 Å². The van der Waals surface area contributed by atoms with Crippen LogP contribution in [0.5, 0.6) is 0 Å². The zero-order valence-electron chi connectivity index (χ0n) is 7.34. The Labute approximate surface area is 85.7 Å². The van der Waals surface area contributed by atoms with Gasteiger partial charge in [-0.3, -0.25) is 0 Å². The van der Waals surface area contributed by atoms with E-state index >= 15 is 0 Å². The number of rotatable bonds is 0. The Hall–Kier alpha value is -1.02. The highest BCUT2D eigenvalue weighted by Gasteiger charge is 2.01. The molecule has 0 spiro atoms. The lowest BCUT2D eigenvalue weighted by atomic mass is 10.0. The van der Waals surface area contributed by atoms with Crippen molar-refractivity contribution >= 4 is 32.4 Å². The maximum absolute atomic E-state index is 5.87. The van der Waals surface area contributed by atoms with Crippen molar-refractivity contribution in [2.75, 3.05) is 5.73 Å². The Kier molecular flexibility index (Phi) is 2.00. The van der Waals surface area contributed by atoms with Crippen LogP contribution in [0.1, 0.15) is 5.56 Å². The first-order chi connectivity index (χ1) is 6.18. The molecule has 66 valence electrons. The zero-order valence-corrected chi connectivity index (χ0v) is 8.93. The first kappa shape index (κ1) is 8.57. The number of hydrogen-bond acceptors (Lipinski definition) is 1. The van der Waals surface area contributed by atoms with Crippen molar-refractivity contribution in [2.24, 2.45) is 0 Å². The van der Waals surface area contributed by atoms with Crippen molar-refractivity contribution in [1.29, 1.82) is 0 Å². The second-order valence-corrected chi connectivity index (χ2v) is 4.08. The van der Waals surface area contributed by atoms with E-state index in [1.165, 1.54) is 10.9 Å². The van der Waals surface area contributed by atoms with Crippen LogP contribution in [0.15, 0.2) is 34.8 Å². The number of nitrogen functional groups attached to an aromatic ring is 1. The summed E-state index contributed by atoms with van der Waals surface area (Å²) >= 11 is 3.46. The fourth-order valence-corrected chi connectivity index (χ4v) is 2.12. The number of fused-ring (bicyclic) bond motifs is 1. The Bertz CT molecular complexity index is 463. The van der Waals surface area contributed by atoms with Crippen LogP contribution < -0.4 is 5.73 Å². The minimum absolute atomic E-state index is 0.835. The quantitative estimate of drug-likeness (QED) is 0.696. The number of halogens is 1. The fraction of sp³-hybridized carbons (Fsp3) is 0.0909. The van der Waals surface area contributed by atoms with E-state index in [2.05, 4.69) is 41.1 Å². The van der Waals surface area contributed by atoms with Crippen LogP contribution in [0, 0.1) is 6.92 Å². The highest BCUT2D eigenvalue weighted by molar-refractivity contribution is 9.10. The van der Waals surface area contributed by atoms with Crippen LogP contribution >= 0.6 is 15.9 Å². The third-order valence-corrected chi connectivity index (χ3v) is 2.66. The molecule has 0 aliphatic heterocycles. The van der Waals surface area contributed by atoms with Crippen LogP contribution in [0.4, 0.5) is 5.69 Å². The lowest BCUT2D eigenvalue weighted by Crippen LogP contribution is -1.87. The molecule has 13 heavy (non-hydrogen) atoms. The molecule has 0 aromatic heterocycles. The molecule has 2 N–H and O–H groups in total. The molecule has 2 rings (SSSR count). The number of anilines is 1. The smallest absolute Gasteiger partial charge is 0.0394 e. The van der Waals surface area contributed by atoms with Crippen molar-refractivity contribution in [3.8, 4) is 0 Å². The third kappa shape index (κ3) is 1.42. The predicted octanol–water partition coefficient (Wildman–Crippen LogP) is 3.49. The molecule has 2 aromatic rings. The second kappa shape index (κ2) is 3.04. The van der Waals surface area contributed by atoms with E-state index in [9.17, 15) is 0 Å². The summed E-state index contributed by atoms with van der Waals surface area (Å²) in [6.45, 7) is 2.09. The van der Waals surface area contributed by atoms with Gasteiger partial charge in [0, 0.05) is 15.5 Å². The van der Waals surface area contributed by atoms with Gasteiger partial charge >= 0.3 is 0 Å². The molecule has 0 amide bonds.